The molecule has 1 heterocycles. The largest absolute Gasteiger partial charge is 0.454 e. The van der Waals surface area contributed by atoms with Gasteiger partial charge >= 0.3 is 12.0 Å². The summed E-state index contributed by atoms with van der Waals surface area (Å²) in [4.78, 5) is 50.4. The van der Waals surface area contributed by atoms with Crippen molar-refractivity contribution in [3.63, 3.8) is 0 Å². The van der Waals surface area contributed by atoms with Crippen molar-refractivity contribution < 1.29 is 23.9 Å². The van der Waals surface area contributed by atoms with Crippen LogP contribution in [-0.2, 0) is 25.7 Å². The summed E-state index contributed by atoms with van der Waals surface area (Å²) in [6.07, 6.45) is 2.77. The molecule has 3 rings (SSSR count). The lowest BCUT2D eigenvalue weighted by Gasteiger charge is -2.40. The Morgan fingerprint density at radius 2 is 1.94 bits per heavy atom. The fourth-order valence-electron chi connectivity index (χ4n) is 4.35. The van der Waals surface area contributed by atoms with Gasteiger partial charge in [0.25, 0.3) is 11.8 Å². The monoisotopic (exact) mass is 463 g/mol. The van der Waals surface area contributed by atoms with E-state index in [0.717, 1.165) is 23.3 Å². The zero-order valence-corrected chi connectivity index (χ0v) is 19.5. The molecular weight excluding hydrogens is 434 g/mol. The van der Waals surface area contributed by atoms with E-state index in [1.807, 2.05) is 0 Å². The van der Waals surface area contributed by atoms with Gasteiger partial charge in [0.2, 0.25) is 0 Å². The summed E-state index contributed by atoms with van der Waals surface area (Å²) in [5.41, 5.74) is 0.0142. The SMILES string of the molecule is CC(C)(C)C1CCC2(CC1)NC(=O)N(CC(=O)OCC(=O)NCc1cccc(Cl)c1)C2=O. The fraction of sp³-hybridized carbons (Fsp3) is 0.565. The normalized spacial score (nSPS) is 23.2. The highest BCUT2D eigenvalue weighted by Gasteiger charge is 2.53. The van der Waals surface area contributed by atoms with Gasteiger partial charge in [0, 0.05) is 11.6 Å². The van der Waals surface area contributed by atoms with Crippen molar-refractivity contribution in [1.82, 2.24) is 15.5 Å². The van der Waals surface area contributed by atoms with Crippen LogP contribution in [0.2, 0.25) is 5.02 Å². The zero-order chi connectivity index (χ0) is 23.5. The Kier molecular flexibility index (Phi) is 7.12. The molecule has 8 nitrogen and oxygen atoms in total. The second-order valence-corrected chi connectivity index (χ2v) is 10.0. The van der Waals surface area contributed by atoms with Crippen molar-refractivity contribution in [1.29, 1.82) is 0 Å². The van der Waals surface area contributed by atoms with E-state index >= 15 is 0 Å². The molecule has 32 heavy (non-hydrogen) atoms. The van der Waals surface area contributed by atoms with Gasteiger partial charge in [-0.25, -0.2) is 4.79 Å². The number of hydrogen-bond donors (Lipinski definition) is 2. The third kappa shape index (κ3) is 5.59. The van der Waals surface area contributed by atoms with Gasteiger partial charge in [-0.2, -0.15) is 0 Å². The minimum atomic E-state index is -0.937. The van der Waals surface area contributed by atoms with Gasteiger partial charge in [-0.1, -0.05) is 44.5 Å². The molecule has 174 valence electrons. The lowest BCUT2D eigenvalue weighted by atomic mass is 9.67. The van der Waals surface area contributed by atoms with E-state index in [0.29, 0.717) is 23.8 Å². The van der Waals surface area contributed by atoms with E-state index in [1.165, 1.54) is 0 Å². The minimum Gasteiger partial charge on any atom is -0.454 e. The number of ether oxygens (including phenoxy) is 1. The Balaban J connectivity index is 1.46. The lowest BCUT2D eigenvalue weighted by molar-refractivity contribution is -0.151. The van der Waals surface area contributed by atoms with Crippen LogP contribution in [-0.4, -0.2) is 47.4 Å². The summed E-state index contributed by atoms with van der Waals surface area (Å²) < 4.78 is 4.96. The van der Waals surface area contributed by atoms with Gasteiger partial charge < -0.3 is 15.4 Å². The Morgan fingerprint density at radius 3 is 2.56 bits per heavy atom. The standard InChI is InChI=1S/C23H30ClN3O5/c1-22(2,3)16-7-9-23(10-8-16)20(30)27(21(31)26-23)13-19(29)32-14-18(28)25-12-15-5-4-6-17(24)11-15/h4-6,11,16H,7-10,12-14H2,1-3H3,(H,25,28)(H,26,31). The van der Waals surface area contributed by atoms with E-state index in [-0.39, 0.29) is 12.0 Å². The molecule has 4 amide bonds. The van der Waals surface area contributed by atoms with Crippen LogP contribution in [0.5, 0.6) is 0 Å². The van der Waals surface area contributed by atoms with Crippen molar-refractivity contribution >= 4 is 35.4 Å². The Labute approximate surface area is 193 Å². The van der Waals surface area contributed by atoms with E-state index in [1.54, 1.807) is 24.3 Å². The molecule has 1 aromatic carbocycles. The number of nitrogens with zero attached hydrogens (tertiary/aromatic N) is 1. The maximum absolute atomic E-state index is 13.0. The highest BCUT2D eigenvalue weighted by Crippen LogP contribution is 2.43. The van der Waals surface area contributed by atoms with Gasteiger partial charge in [-0.3, -0.25) is 19.3 Å². The van der Waals surface area contributed by atoms with Gasteiger partial charge in [0.15, 0.2) is 6.61 Å². The maximum atomic E-state index is 13.0. The molecule has 1 aliphatic carbocycles. The van der Waals surface area contributed by atoms with E-state index in [4.69, 9.17) is 16.3 Å². The summed E-state index contributed by atoms with van der Waals surface area (Å²) >= 11 is 5.90. The van der Waals surface area contributed by atoms with Gasteiger partial charge in [0.05, 0.1) is 0 Å². The van der Waals surface area contributed by atoms with Crippen molar-refractivity contribution in [2.75, 3.05) is 13.2 Å². The first kappa shape index (κ1) is 24.0. The van der Waals surface area contributed by atoms with E-state index in [2.05, 4.69) is 31.4 Å². The lowest BCUT2D eigenvalue weighted by Crippen LogP contribution is -2.50. The number of esters is 1. The highest BCUT2D eigenvalue weighted by molar-refractivity contribution is 6.30. The smallest absolute Gasteiger partial charge is 0.326 e. The number of benzene rings is 1. The molecule has 9 heteroatoms. The van der Waals surface area contributed by atoms with Crippen LogP contribution < -0.4 is 10.6 Å². The molecule has 0 bridgehead atoms. The number of nitrogens with one attached hydrogen (secondary N) is 2. The summed E-state index contributed by atoms with van der Waals surface area (Å²) in [7, 11) is 0. The van der Waals surface area contributed by atoms with Crippen LogP contribution in [0.3, 0.4) is 0 Å². The van der Waals surface area contributed by atoms with Crippen molar-refractivity contribution in [3.8, 4) is 0 Å². The van der Waals surface area contributed by atoms with Crippen molar-refractivity contribution in [2.24, 2.45) is 11.3 Å². The highest BCUT2D eigenvalue weighted by atomic mass is 35.5. The number of carbonyl (C=O) groups excluding carboxylic acids is 4. The van der Waals surface area contributed by atoms with Crippen molar-refractivity contribution in [2.45, 2.75) is 58.5 Å². The summed E-state index contributed by atoms with van der Waals surface area (Å²) in [5, 5.41) is 5.97. The molecule has 1 aromatic rings. The predicted molar refractivity (Wildman–Crippen MR) is 119 cm³/mol. The topological polar surface area (TPSA) is 105 Å². The van der Waals surface area contributed by atoms with Gasteiger partial charge in [-0.15, -0.1) is 0 Å². The summed E-state index contributed by atoms with van der Waals surface area (Å²) in [5.74, 6) is -1.22. The third-order valence-electron chi connectivity index (χ3n) is 6.34. The third-order valence-corrected chi connectivity index (χ3v) is 6.58. The van der Waals surface area contributed by atoms with Crippen LogP contribution in [0.15, 0.2) is 24.3 Å². The first-order valence-corrected chi connectivity index (χ1v) is 11.2. The molecule has 0 aromatic heterocycles. The average molecular weight is 464 g/mol. The minimum absolute atomic E-state index is 0.143. The van der Waals surface area contributed by atoms with Crippen LogP contribution >= 0.6 is 11.6 Å². The molecule has 1 spiro atoms. The number of imide groups is 1. The molecule has 0 atom stereocenters. The van der Waals surface area contributed by atoms with Gasteiger partial charge in [0.1, 0.15) is 12.1 Å². The molecule has 1 saturated carbocycles. The number of amides is 4. The summed E-state index contributed by atoms with van der Waals surface area (Å²) in [6.45, 7) is 5.76. The van der Waals surface area contributed by atoms with Gasteiger partial charge in [-0.05, 0) is 54.7 Å². The molecule has 1 aliphatic heterocycles. The molecule has 2 N–H and O–H groups in total. The maximum Gasteiger partial charge on any atom is 0.326 e. The number of rotatable bonds is 6. The van der Waals surface area contributed by atoms with Crippen LogP contribution in [0.4, 0.5) is 4.79 Å². The van der Waals surface area contributed by atoms with Crippen molar-refractivity contribution in [3.05, 3.63) is 34.9 Å². The zero-order valence-electron chi connectivity index (χ0n) is 18.7. The predicted octanol–water partition coefficient (Wildman–Crippen LogP) is 3.03. The van der Waals surface area contributed by atoms with Crippen LogP contribution in [0, 0.1) is 11.3 Å². The molecule has 0 unspecified atom stereocenters. The number of carbonyl (C=O) groups is 4. The Hall–Kier alpha value is -2.61. The number of urea groups is 1. The Morgan fingerprint density at radius 1 is 1.25 bits per heavy atom. The molecule has 0 radical (unpaired) electrons. The Bertz CT molecular complexity index is 903. The number of halogens is 1. The summed E-state index contributed by atoms with van der Waals surface area (Å²) in [6, 6.07) is 6.43. The quantitative estimate of drug-likeness (QED) is 0.498. The van der Waals surface area contributed by atoms with E-state index < -0.39 is 42.5 Å². The molecule has 1 saturated heterocycles. The second-order valence-electron chi connectivity index (χ2n) is 9.61. The second kappa shape index (κ2) is 9.48. The fourth-order valence-corrected chi connectivity index (χ4v) is 4.57. The molecule has 2 aliphatic rings. The molecular formula is C23H30ClN3O5. The first-order valence-electron chi connectivity index (χ1n) is 10.8. The van der Waals surface area contributed by atoms with Crippen LogP contribution in [0.1, 0.15) is 52.0 Å². The van der Waals surface area contributed by atoms with E-state index in [9.17, 15) is 19.2 Å². The average Bonchev–Trinajstić information content (AvgIpc) is 2.94. The molecule has 2 fully saturated rings. The first-order chi connectivity index (χ1) is 15.0. The van der Waals surface area contributed by atoms with Crippen LogP contribution in [0.25, 0.3) is 0 Å². The number of hydrogen-bond acceptors (Lipinski definition) is 5.